The maximum atomic E-state index is 14.0. The Bertz CT molecular complexity index is 538. The molecule has 1 heterocycles. The Labute approximate surface area is 115 Å². The molecule has 0 aliphatic carbocycles. The van der Waals surface area contributed by atoms with Gasteiger partial charge in [0, 0.05) is 11.1 Å². The number of rotatable bonds is 0. The molecule has 3 nitrogen and oxygen atoms in total. The van der Waals surface area contributed by atoms with Crippen LogP contribution in [0.25, 0.3) is 0 Å². The van der Waals surface area contributed by atoms with Crippen LogP contribution in [0.5, 0.6) is 0 Å². The SMILES string of the molecule is CC(C)(C)OC(=O)N1Cc2c(F)cccc2C(F)(F)C1. The third kappa shape index (κ3) is 2.89. The first kappa shape index (κ1) is 14.7. The lowest BCUT2D eigenvalue weighted by atomic mass is 9.96. The van der Waals surface area contributed by atoms with Crippen LogP contribution in [0.15, 0.2) is 18.2 Å². The summed E-state index contributed by atoms with van der Waals surface area (Å²) in [5, 5.41) is 0. The van der Waals surface area contributed by atoms with E-state index in [-0.39, 0.29) is 17.7 Å². The monoisotopic (exact) mass is 287 g/mol. The van der Waals surface area contributed by atoms with Crippen LogP contribution in [0.4, 0.5) is 18.0 Å². The Morgan fingerprint density at radius 3 is 2.60 bits per heavy atom. The van der Waals surface area contributed by atoms with Gasteiger partial charge < -0.3 is 4.74 Å². The van der Waals surface area contributed by atoms with E-state index in [4.69, 9.17) is 4.74 Å². The van der Waals surface area contributed by atoms with E-state index in [2.05, 4.69) is 0 Å². The molecule has 0 spiro atoms. The summed E-state index contributed by atoms with van der Waals surface area (Å²) < 4.78 is 46.7. The molecule has 0 N–H and O–H groups in total. The summed E-state index contributed by atoms with van der Waals surface area (Å²) in [4.78, 5) is 12.7. The molecular weight excluding hydrogens is 271 g/mol. The van der Waals surface area contributed by atoms with Gasteiger partial charge in [-0.15, -0.1) is 0 Å². The highest BCUT2D eigenvalue weighted by Crippen LogP contribution is 2.37. The molecule has 20 heavy (non-hydrogen) atoms. The number of carbonyl (C=O) groups excluding carboxylic acids is 1. The van der Waals surface area contributed by atoms with E-state index in [1.807, 2.05) is 0 Å². The van der Waals surface area contributed by atoms with Gasteiger partial charge in [0.2, 0.25) is 0 Å². The molecule has 1 amide bonds. The zero-order valence-electron chi connectivity index (χ0n) is 11.5. The Morgan fingerprint density at radius 1 is 1.35 bits per heavy atom. The number of nitrogens with zero attached hydrogens (tertiary/aromatic N) is 1. The average molecular weight is 287 g/mol. The molecule has 1 aliphatic heterocycles. The lowest BCUT2D eigenvalue weighted by molar-refractivity contribution is -0.0598. The zero-order chi connectivity index (χ0) is 15.1. The molecule has 0 aromatic heterocycles. The summed E-state index contributed by atoms with van der Waals surface area (Å²) >= 11 is 0. The van der Waals surface area contributed by atoms with Gasteiger partial charge in [-0.05, 0) is 26.8 Å². The molecule has 110 valence electrons. The van der Waals surface area contributed by atoms with Crippen LogP contribution >= 0.6 is 0 Å². The number of carbonyl (C=O) groups is 1. The van der Waals surface area contributed by atoms with E-state index in [0.29, 0.717) is 0 Å². The number of fused-ring (bicyclic) bond motifs is 1. The molecule has 0 unspecified atom stereocenters. The van der Waals surface area contributed by atoms with Gasteiger partial charge in [0.15, 0.2) is 0 Å². The van der Waals surface area contributed by atoms with Crippen molar-refractivity contribution in [3.05, 3.63) is 35.1 Å². The lowest BCUT2D eigenvalue weighted by Gasteiger charge is -2.35. The van der Waals surface area contributed by atoms with E-state index in [1.54, 1.807) is 20.8 Å². The first-order valence-electron chi connectivity index (χ1n) is 6.24. The largest absolute Gasteiger partial charge is 0.444 e. The number of ether oxygens (including phenoxy) is 1. The van der Waals surface area contributed by atoms with Crippen LogP contribution in [0.2, 0.25) is 0 Å². The smallest absolute Gasteiger partial charge is 0.410 e. The Kier molecular flexibility index (Phi) is 3.44. The van der Waals surface area contributed by atoms with Gasteiger partial charge in [-0.3, -0.25) is 4.90 Å². The van der Waals surface area contributed by atoms with Gasteiger partial charge in [0.05, 0.1) is 13.1 Å². The molecule has 0 atom stereocenters. The van der Waals surface area contributed by atoms with Crippen LogP contribution in [-0.2, 0) is 17.2 Å². The Hall–Kier alpha value is -1.72. The van der Waals surface area contributed by atoms with Crippen molar-refractivity contribution >= 4 is 6.09 Å². The van der Waals surface area contributed by atoms with Gasteiger partial charge in [-0.1, -0.05) is 12.1 Å². The number of hydrogen-bond acceptors (Lipinski definition) is 2. The predicted octanol–water partition coefficient (Wildman–Crippen LogP) is 3.67. The highest BCUT2D eigenvalue weighted by Gasteiger charge is 2.43. The van der Waals surface area contributed by atoms with E-state index >= 15 is 0 Å². The molecule has 1 aliphatic rings. The van der Waals surface area contributed by atoms with Crippen LogP contribution in [-0.4, -0.2) is 23.1 Å². The minimum absolute atomic E-state index is 0.158. The fourth-order valence-corrected chi connectivity index (χ4v) is 2.09. The van der Waals surface area contributed by atoms with E-state index in [0.717, 1.165) is 11.0 Å². The maximum absolute atomic E-state index is 14.0. The minimum atomic E-state index is -3.29. The summed E-state index contributed by atoms with van der Waals surface area (Å²) in [6, 6.07) is 3.53. The van der Waals surface area contributed by atoms with E-state index in [1.165, 1.54) is 12.1 Å². The number of halogens is 3. The van der Waals surface area contributed by atoms with Gasteiger partial charge in [-0.25, -0.2) is 9.18 Å². The highest BCUT2D eigenvalue weighted by atomic mass is 19.3. The fourth-order valence-electron chi connectivity index (χ4n) is 2.09. The van der Waals surface area contributed by atoms with Crippen molar-refractivity contribution in [1.82, 2.24) is 4.90 Å². The maximum Gasteiger partial charge on any atom is 0.410 e. The number of hydrogen-bond donors (Lipinski definition) is 0. The molecule has 0 bridgehead atoms. The van der Waals surface area contributed by atoms with Crippen LogP contribution < -0.4 is 0 Å². The standard InChI is InChI=1S/C14H16F3NO2/c1-13(2,3)20-12(19)18-7-9-10(14(16,17)8-18)5-4-6-11(9)15/h4-6H,7-8H2,1-3H3. The molecule has 0 radical (unpaired) electrons. The summed E-state index contributed by atoms with van der Waals surface area (Å²) in [5.74, 6) is -4.03. The lowest BCUT2D eigenvalue weighted by Crippen LogP contribution is -2.46. The normalized spacial score (nSPS) is 17.6. The van der Waals surface area contributed by atoms with Crippen molar-refractivity contribution in [3.8, 4) is 0 Å². The van der Waals surface area contributed by atoms with Crippen molar-refractivity contribution in [3.63, 3.8) is 0 Å². The molecular formula is C14H16F3NO2. The molecule has 0 fully saturated rings. The van der Waals surface area contributed by atoms with Gasteiger partial charge in [0.25, 0.3) is 5.92 Å². The second-order valence-corrected chi connectivity index (χ2v) is 5.81. The van der Waals surface area contributed by atoms with Gasteiger partial charge >= 0.3 is 6.09 Å². The summed E-state index contributed by atoms with van der Waals surface area (Å²) in [6.45, 7) is 3.90. The quantitative estimate of drug-likeness (QED) is 0.728. The average Bonchev–Trinajstić information content (AvgIpc) is 2.27. The molecule has 1 aromatic carbocycles. The van der Waals surface area contributed by atoms with Crippen molar-refractivity contribution in [2.75, 3.05) is 6.54 Å². The first-order chi connectivity index (χ1) is 9.10. The van der Waals surface area contributed by atoms with E-state index in [9.17, 15) is 18.0 Å². The molecule has 0 saturated carbocycles. The summed E-state index contributed by atoms with van der Waals surface area (Å²) in [5.41, 5.74) is -1.31. The molecule has 1 aromatic rings. The zero-order valence-corrected chi connectivity index (χ0v) is 11.5. The highest BCUT2D eigenvalue weighted by molar-refractivity contribution is 5.69. The van der Waals surface area contributed by atoms with Crippen LogP contribution in [0, 0.1) is 5.82 Å². The van der Waals surface area contributed by atoms with Crippen LogP contribution in [0.1, 0.15) is 31.9 Å². The second kappa shape index (κ2) is 4.68. The minimum Gasteiger partial charge on any atom is -0.444 e. The van der Waals surface area contributed by atoms with Crippen molar-refractivity contribution in [1.29, 1.82) is 0 Å². The van der Waals surface area contributed by atoms with Crippen molar-refractivity contribution < 1.29 is 22.7 Å². The Morgan fingerprint density at radius 2 is 2.00 bits per heavy atom. The van der Waals surface area contributed by atoms with E-state index < -0.39 is 30.0 Å². The van der Waals surface area contributed by atoms with Crippen molar-refractivity contribution in [2.45, 2.75) is 38.8 Å². The third-order valence-corrected chi connectivity index (χ3v) is 2.90. The molecule has 2 rings (SSSR count). The first-order valence-corrected chi connectivity index (χ1v) is 6.24. The van der Waals surface area contributed by atoms with Gasteiger partial charge in [0.1, 0.15) is 11.4 Å². The number of benzene rings is 1. The fraction of sp³-hybridized carbons (Fsp3) is 0.500. The summed E-state index contributed by atoms with van der Waals surface area (Å²) in [7, 11) is 0. The molecule has 0 saturated heterocycles. The predicted molar refractivity (Wildman–Crippen MR) is 66.9 cm³/mol. The van der Waals surface area contributed by atoms with Crippen LogP contribution in [0.3, 0.4) is 0 Å². The second-order valence-electron chi connectivity index (χ2n) is 5.81. The topological polar surface area (TPSA) is 29.5 Å². The third-order valence-electron chi connectivity index (χ3n) is 2.90. The summed E-state index contributed by atoms with van der Waals surface area (Å²) in [6.07, 6.45) is -0.869. The number of amides is 1. The number of alkyl halides is 2. The Balaban J connectivity index is 2.30. The molecule has 6 heteroatoms. The van der Waals surface area contributed by atoms with Gasteiger partial charge in [-0.2, -0.15) is 8.78 Å². The van der Waals surface area contributed by atoms with Crippen molar-refractivity contribution in [2.24, 2.45) is 0 Å².